The third-order valence-corrected chi connectivity index (χ3v) is 2.27. The molecule has 0 aromatic rings. The SMILES string of the molecule is CCCOC(=O)/C(C(N)=NCCCO)=C(/O)CCC. The molecular weight excluding hydrogens is 248 g/mol. The molecule has 0 aliphatic heterocycles. The van der Waals surface area contributed by atoms with Gasteiger partial charge in [-0.25, -0.2) is 4.79 Å². The van der Waals surface area contributed by atoms with Gasteiger partial charge in [0, 0.05) is 19.6 Å². The van der Waals surface area contributed by atoms with Gasteiger partial charge in [-0.05, 0) is 19.3 Å². The molecule has 0 aromatic heterocycles. The van der Waals surface area contributed by atoms with Crippen LogP contribution in [0.2, 0.25) is 0 Å². The first-order valence-corrected chi connectivity index (χ1v) is 6.58. The van der Waals surface area contributed by atoms with Crippen molar-refractivity contribution in [2.75, 3.05) is 19.8 Å². The number of hydrogen-bond donors (Lipinski definition) is 3. The van der Waals surface area contributed by atoms with Gasteiger partial charge in [0.1, 0.15) is 17.2 Å². The van der Waals surface area contributed by atoms with Crippen LogP contribution >= 0.6 is 0 Å². The summed E-state index contributed by atoms with van der Waals surface area (Å²) in [4.78, 5) is 15.8. The molecular formula is C13H24N2O4. The average Bonchev–Trinajstić information content (AvgIpc) is 2.37. The average molecular weight is 272 g/mol. The van der Waals surface area contributed by atoms with Crippen molar-refractivity contribution in [1.29, 1.82) is 0 Å². The Balaban J connectivity index is 5.00. The molecule has 0 radical (unpaired) electrons. The number of nitrogens with two attached hydrogens (primary N) is 1. The Morgan fingerprint density at radius 1 is 1.32 bits per heavy atom. The van der Waals surface area contributed by atoms with Crippen LogP contribution in [0.15, 0.2) is 16.3 Å². The highest BCUT2D eigenvalue weighted by Crippen LogP contribution is 2.11. The molecule has 4 N–H and O–H groups in total. The maximum atomic E-state index is 11.8. The molecule has 0 aromatic carbocycles. The standard InChI is InChI=1S/C13H24N2O4/c1-3-6-10(17)11(13(18)19-9-4-2)12(14)15-7-5-8-16/h16-17H,3-9H2,1-2H3,(H2,14,15)/b11-10+. The molecule has 0 saturated carbocycles. The third-order valence-electron chi connectivity index (χ3n) is 2.27. The number of esters is 1. The molecule has 0 amide bonds. The number of aliphatic imine (C=N–C) groups is 1. The highest BCUT2D eigenvalue weighted by molar-refractivity contribution is 6.18. The van der Waals surface area contributed by atoms with Crippen molar-refractivity contribution in [2.45, 2.75) is 39.5 Å². The van der Waals surface area contributed by atoms with Crippen LogP contribution in [0, 0.1) is 0 Å². The van der Waals surface area contributed by atoms with E-state index in [1.54, 1.807) is 0 Å². The fourth-order valence-corrected chi connectivity index (χ4v) is 1.35. The van der Waals surface area contributed by atoms with E-state index in [4.69, 9.17) is 15.6 Å². The molecule has 0 aliphatic carbocycles. The van der Waals surface area contributed by atoms with Crippen molar-refractivity contribution in [1.82, 2.24) is 0 Å². The fourth-order valence-electron chi connectivity index (χ4n) is 1.35. The lowest BCUT2D eigenvalue weighted by molar-refractivity contribution is -0.138. The minimum absolute atomic E-state index is 0.00293. The molecule has 0 bridgehead atoms. The molecule has 0 fully saturated rings. The first kappa shape index (κ1) is 17.4. The summed E-state index contributed by atoms with van der Waals surface area (Å²) in [5.41, 5.74) is 5.65. The zero-order valence-corrected chi connectivity index (χ0v) is 11.7. The van der Waals surface area contributed by atoms with E-state index in [1.807, 2.05) is 13.8 Å². The Hall–Kier alpha value is -1.56. The van der Waals surface area contributed by atoms with Gasteiger partial charge in [0.25, 0.3) is 0 Å². The largest absolute Gasteiger partial charge is 0.511 e. The van der Waals surface area contributed by atoms with Crippen LogP contribution in [0.3, 0.4) is 0 Å². The van der Waals surface area contributed by atoms with Crippen LogP contribution in [-0.2, 0) is 9.53 Å². The van der Waals surface area contributed by atoms with Gasteiger partial charge in [-0.2, -0.15) is 0 Å². The summed E-state index contributed by atoms with van der Waals surface area (Å²) in [6.07, 6.45) is 2.16. The first-order chi connectivity index (χ1) is 9.08. The monoisotopic (exact) mass is 272 g/mol. The van der Waals surface area contributed by atoms with E-state index < -0.39 is 5.97 Å². The van der Waals surface area contributed by atoms with Crippen molar-refractivity contribution in [3.05, 3.63) is 11.3 Å². The highest BCUT2D eigenvalue weighted by Gasteiger charge is 2.20. The Morgan fingerprint density at radius 2 is 2.00 bits per heavy atom. The smallest absolute Gasteiger partial charge is 0.345 e. The Morgan fingerprint density at radius 3 is 2.53 bits per heavy atom. The molecule has 0 saturated heterocycles. The molecule has 0 spiro atoms. The van der Waals surface area contributed by atoms with Crippen molar-refractivity contribution >= 4 is 11.8 Å². The summed E-state index contributed by atoms with van der Waals surface area (Å²) in [5.74, 6) is -0.799. The number of carbonyl (C=O) groups excluding carboxylic acids is 1. The molecule has 19 heavy (non-hydrogen) atoms. The van der Waals surface area contributed by atoms with Gasteiger partial charge in [0.2, 0.25) is 0 Å². The number of allylic oxidation sites excluding steroid dienone is 1. The molecule has 6 heteroatoms. The van der Waals surface area contributed by atoms with Crippen molar-refractivity contribution in [3.8, 4) is 0 Å². The van der Waals surface area contributed by atoms with Crippen LogP contribution in [-0.4, -0.2) is 41.8 Å². The van der Waals surface area contributed by atoms with Gasteiger partial charge in [0.15, 0.2) is 0 Å². The van der Waals surface area contributed by atoms with Crippen molar-refractivity contribution < 1.29 is 19.7 Å². The van der Waals surface area contributed by atoms with E-state index >= 15 is 0 Å². The Labute approximate surface area is 114 Å². The number of nitrogens with zero attached hydrogens (tertiary/aromatic N) is 1. The Kier molecular flexibility index (Phi) is 9.52. The molecule has 110 valence electrons. The summed E-state index contributed by atoms with van der Waals surface area (Å²) >= 11 is 0. The number of aliphatic hydroxyl groups is 2. The number of amidine groups is 1. The van der Waals surface area contributed by atoms with Gasteiger partial charge in [-0.1, -0.05) is 13.8 Å². The van der Waals surface area contributed by atoms with Crippen LogP contribution < -0.4 is 5.73 Å². The van der Waals surface area contributed by atoms with Gasteiger partial charge < -0.3 is 20.7 Å². The second-order valence-corrected chi connectivity index (χ2v) is 4.05. The van der Waals surface area contributed by atoms with E-state index in [2.05, 4.69) is 4.99 Å². The first-order valence-electron chi connectivity index (χ1n) is 6.58. The van der Waals surface area contributed by atoms with E-state index in [1.165, 1.54) is 0 Å². The quantitative estimate of drug-likeness (QED) is 0.146. The molecule has 0 rings (SSSR count). The highest BCUT2D eigenvalue weighted by atomic mass is 16.5. The summed E-state index contributed by atoms with van der Waals surface area (Å²) in [6.45, 7) is 4.32. The number of carbonyl (C=O) groups is 1. The summed E-state index contributed by atoms with van der Waals surface area (Å²) in [7, 11) is 0. The molecule has 6 nitrogen and oxygen atoms in total. The molecule has 0 aliphatic rings. The Bertz CT molecular complexity index is 338. The van der Waals surface area contributed by atoms with E-state index in [-0.39, 0.29) is 30.4 Å². The summed E-state index contributed by atoms with van der Waals surface area (Å²) < 4.78 is 4.98. The predicted octanol–water partition coefficient (Wildman–Crippen LogP) is 1.29. The maximum absolute atomic E-state index is 11.8. The molecule has 0 heterocycles. The van der Waals surface area contributed by atoms with E-state index in [0.29, 0.717) is 32.2 Å². The lowest BCUT2D eigenvalue weighted by atomic mass is 10.1. The van der Waals surface area contributed by atoms with E-state index in [0.717, 1.165) is 0 Å². The summed E-state index contributed by atoms with van der Waals surface area (Å²) in [5, 5.41) is 18.5. The summed E-state index contributed by atoms with van der Waals surface area (Å²) in [6, 6.07) is 0. The third kappa shape index (κ3) is 6.81. The second-order valence-electron chi connectivity index (χ2n) is 4.05. The second kappa shape index (κ2) is 10.4. The van der Waals surface area contributed by atoms with E-state index in [9.17, 15) is 9.90 Å². The number of rotatable bonds is 9. The van der Waals surface area contributed by atoms with Gasteiger partial charge in [0.05, 0.1) is 6.61 Å². The van der Waals surface area contributed by atoms with Gasteiger partial charge in [-0.15, -0.1) is 0 Å². The molecule has 0 atom stereocenters. The normalized spacial score (nSPS) is 13.1. The lowest BCUT2D eigenvalue weighted by Crippen LogP contribution is -2.25. The van der Waals surface area contributed by atoms with Crippen LogP contribution in [0.1, 0.15) is 39.5 Å². The number of aliphatic hydroxyl groups excluding tert-OH is 2. The predicted molar refractivity (Wildman–Crippen MR) is 74.0 cm³/mol. The number of hydrogen-bond acceptors (Lipinski definition) is 5. The van der Waals surface area contributed by atoms with Crippen LogP contribution in [0.25, 0.3) is 0 Å². The van der Waals surface area contributed by atoms with Crippen molar-refractivity contribution in [3.63, 3.8) is 0 Å². The lowest BCUT2D eigenvalue weighted by Gasteiger charge is -2.10. The van der Waals surface area contributed by atoms with Gasteiger partial charge in [-0.3, -0.25) is 4.99 Å². The minimum Gasteiger partial charge on any atom is -0.511 e. The zero-order valence-electron chi connectivity index (χ0n) is 11.7. The fraction of sp³-hybridized carbons (Fsp3) is 0.692. The van der Waals surface area contributed by atoms with Gasteiger partial charge >= 0.3 is 5.97 Å². The maximum Gasteiger partial charge on any atom is 0.345 e. The minimum atomic E-state index is -0.655. The topological polar surface area (TPSA) is 105 Å². The van der Waals surface area contributed by atoms with Crippen LogP contribution in [0.4, 0.5) is 0 Å². The molecule has 0 unspecified atom stereocenters. The van der Waals surface area contributed by atoms with Crippen LogP contribution in [0.5, 0.6) is 0 Å². The zero-order chi connectivity index (χ0) is 14.7. The van der Waals surface area contributed by atoms with Crippen molar-refractivity contribution in [2.24, 2.45) is 10.7 Å². The number of ether oxygens (including phenoxy) is 1.